The van der Waals surface area contributed by atoms with Crippen LogP contribution in [0.1, 0.15) is 51.5 Å². The maximum Gasteiger partial charge on any atom is 0.256 e. The third-order valence-corrected chi connectivity index (χ3v) is 7.78. The predicted molar refractivity (Wildman–Crippen MR) is 144 cm³/mol. The molecule has 3 heterocycles. The van der Waals surface area contributed by atoms with Gasteiger partial charge in [0.1, 0.15) is 11.6 Å². The topological polar surface area (TPSA) is 104 Å². The number of rotatable bonds is 6. The van der Waals surface area contributed by atoms with Crippen LogP contribution in [0.3, 0.4) is 0 Å². The summed E-state index contributed by atoms with van der Waals surface area (Å²) in [5.74, 6) is -0.238. The standard InChI is InChI=1S/C29H31FN4O5/c1-38-24-4-2-3-23-26(24)21(15-25(35)32-23)28(36)31-19-7-8-34(16-19)27-20(17-5-6-17)13-18(30)14-22(27)29(37)33-9-11-39-12-10-33/h2-4,13-15,17,19H,5-12,16H2,1H3,(H,31,36)(H,32,35)/t19-/m1/s1. The SMILES string of the molecule is COc1cccc2[nH]c(=O)cc(C(=O)N[C@@H]3CCN(c4c(C(=O)N5CCOCC5)cc(F)cc4C4CC4)C3)c12. The fourth-order valence-corrected chi connectivity index (χ4v) is 5.76. The van der Waals surface area contributed by atoms with E-state index in [0.29, 0.717) is 68.0 Å². The Morgan fingerprint density at radius 2 is 1.87 bits per heavy atom. The van der Waals surface area contributed by atoms with E-state index >= 15 is 0 Å². The molecule has 0 radical (unpaired) electrons. The number of ether oxygens (including phenoxy) is 2. The van der Waals surface area contributed by atoms with E-state index in [0.717, 1.165) is 24.1 Å². The first-order valence-electron chi connectivity index (χ1n) is 13.4. The van der Waals surface area contributed by atoms with E-state index in [4.69, 9.17) is 9.47 Å². The van der Waals surface area contributed by atoms with Crippen LogP contribution in [0.25, 0.3) is 10.9 Å². The molecule has 0 bridgehead atoms. The molecule has 3 aromatic rings. The third kappa shape index (κ3) is 4.96. The zero-order valence-electron chi connectivity index (χ0n) is 21.8. The molecular weight excluding hydrogens is 503 g/mol. The summed E-state index contributed by atoms with van der Waals surface area (Å²) in [5.41, 5.74) is 2.40. The van der Waals surface area contributed by atoms with E-state index in [1.54, 1.807) is 29.2 Å². The van der Waals surface area contributed by atoms with Crippen LogP contribution in [0.2, 0.25) is 0 Å². The molecule has 1 atom stereocenters. The Bertz CT molecular complexity index is 1500. The van der Waals surface area contributed by atoms with Gasteiger partial charge in [-0.05, 0) is 55.0 Å². The van der Waals surface area contributed by atoms with Crippen LogP contribution in [0.4, 0.5) is 10.1 Å². The van der Waals surface area contributed by atoms with E-state index in [1.807, 2.05) is 0 Å². The van der Waals surface area contributed by atoms with E-state index in [-0.39, 0.29) is 34.9 Å². The summed E-state index contributed by atoms with van der Waals surface area (Å²) in [6, 6.07) is 9.21. The maximum absolute atomic E-state index is 14.8. The van der Waals surface area contributed by atoms with Crippen LogP contribution in [-0.2, 0) is 4.74 Å². The van der Waals surface area contributed by atoms with Gasteiger partial charge in [-0.15, -0.1) is 0 Å². The number of hydrogen-bond acceptors (Lipinski definition) is 6. The number of hydrogen-bond donors (Lipinski definition) is 2. The smallest absolute Gasteiger partial charge is 0.256 e. The number of carbonyl (C=O) groups excluding carboxylic acids is 2. The number of carbonyl (C=O) groups is 2. The second-order valence-electron chi connectivity index (χ2n) is 10.4. The lowest BCUT2D eigenvalue weighted by Gasteiger charge is -2.30. The zero-order chi connectivity index (χ0) is 27.1. The van der Waals surface area contributed by atoms with Crippen molar-refractivity contribution in [1.82, 2.24) is 15.2 Å². The van der Waals surface area contributed by atoms with E-state index in [9.17, 15) is 18.8 Å². The van der Waals surface area contributed by atoms with Crippen LogP contribution >= 0.6 is 0 Å². The lowest BCUT2D eigenvalue weighted by Crippen LogP contribution is -2.42. The van der Waals surface area contributed by atoms with Crippen molar-refractivity contribution in [2.75, 3.05) is 51.4 Å². The highest BCUT2D eigenvalue weighted by molar-refractivity contribution is 6.08. The monoisotopic (exact) mass is 534 g/mol. The average Bonchev–Trinajstić information content (AvgIpc) is 3.70. The molecule has 0 unspecified atom stereocenters. The van der Waals surface area contributed by atoms with Crippen molar-refractivity contribution in [3.05, 3.63) is 69.3 Å². The Hall–Kier alpha value is -3.92. The molecule has 0 spiro atoms. The molecule has 2 amide bonds. The summed E-state index contributed by atoms with van der Waals surface area (Å²) in [4.78, 5) is 45.8. The molecule has 2 saturated heterocycles. The number of nitrogens with one attached hydrogen (secondary N) is 2. The Morgan fingerprint density at radius 1 is 1.08 bits per heavy atom. The number of pyridine rings is 1. The van der Waals surface area contributed by atoms with Gasteiger partial charge >= 0.3 is 0 Å². The highest BCUT2D eigenvalue weighted by Crippen LogP contribution is 2.47. The van der Waals surface area contributed by atoms with E-state index < -0.39 is 5.82 Å². The minimum absolute atomic E-state index is 0.190. The number of amides is 2. The Morgan fingerprint density at radius 3 is 2.62 bits per heavy atom. The molecule has 2 N–H and O–H groups in total. The predicted octanol–water partition coefficient (Wildman–Crippen LogP) is 3.03. The van der Waals surface area contributed by atoms with Crippen LogP contribution < -0.4 is 20.5 Å². The zero-order valence-corrected chi connectivity index (χ0v) is 21.8. The Kier molecular flexibility index (Phi) is 6.72. The van der Waals surface area contributed by atoms with Crippen LogP contribution in [-0.4, -0.2) is 74.2 Å². The number of fused-ring (bicyclic) bond motifs is 1. The first-order chi connectivity index (χ1) is 18.9. The van der Waals surface area contributed by atoms with Gasteiger partial charge in [0.2, 0.25) is 5.56 Å². The van der Waals surface area contributed by atoms with Gasteiger partial charge in [0.05, 0.1) is 48.0 Å². The van der Waals surface area contributed by atoms with Crippen LogP contribution in [0.5, 0.6) is 5.75 Å². The highest BCUT2D eigenvalue weighted by atomic mass is 19.1. The molecule has 6 rings (SSSR count). The molecule has 9 nitrogen and oxygen atoms in total. The summed E-state index contributed by atoms with van der Waals surface area (Å²) in [6.07, 6.45) is 2.58. The first-order valence-corrected chi connectivity index (χ1v) is 13.4. The van der Waals surface area contributed by atoms with Crippen LogP contribution in [0, 0.1) is 5.82 Å². The van der Waals surface area contributed by atoms with Crippen molar-refractivity contribution in [1.29, 1.82) is 0 Å². The second-order valence-corrected chi connectivity index (χ2v) is 10.4. The summed E-state index contributed by atoms with van der Waals surface area (Å²) < 4.78 is 25.6. The number of H-pyrrole nitrogens is 1. The van der Waals surface area contributed by atoms with Gasteiger partial charge in [0, 0.05) is 38.3 Å². The van der Waals surface area contributed by atoms with Gasteiger partial charge in [-0.2, -0.15) is 0 Å². The molecular formula is C29H31FN4O5. The van der Waals surface area contributed by atoms with E-state index in [2.05, 4.69) is 15.2 Å². The van der Waals surface area contributed by atoms with Gasteiger partial charge < -0.3 is 29.6 Å². The molecule has 2 aromatic carbocycles. The number of anilines is 1. The molecule has 10 heteroatoms. The summed E-state index contributed by atoms with van der Waals surface area (Å²) in [6.45, 7) is 2.95. The lowest BCUT2D eigenvalue weighted by molar-refractivity contribution is 0.0303. The number of morpholine rings is 1. The molecule has 3 fully saturated rings. The fourth-order valence-electron chi connectivity index (χ4n) is 5.76. The van der Waals surface area contributed by atoms with Crippen LogP contribution in [0.15, 0.2) is 41.2 Å². The summed E-state index contributed by atoms with van der Waals surface area (Å²) in [5, 5.41) is 3.62. The van der Waals surface area contributed by atoms with Crippen molar-refractivity contribution in [2.24, 2.45) is 0 Å². The number of methoxy groups -OCH3 is 1. The van der Waals surface area contributed by atoms with Crippen molar-refractivity contribution < 1.29 is 23.5 Å². The number of halogens is 1. The first kappa shape index (κ1) is 25.4. The molecule has 1 aromatic heterocycles. The van der Waals surface area contributed by atoms with Gasteiger partial charge in [0.15, 0.2) is 0 Å². The number of aromatic nitrogens is 1. The molecule has 1 saturated carbocycles. The second kappa shape index (κ2) is 10.3. The number of aromatic amines is 1. The van der Waals surface area contributed by atoms with Gasteiger partial charge in [-0.25, -0.2) is 4.39 Å². The van der Waals surface area contributed by atoms with E-state index in [1.165, 1.54) is 19.2 Å². The molecule has 2 aliphatic heterocycles. The third-order valence-electron chi connectivity index (χ3n) is 7.78. The lowest BCUT2D eigenvalue weighted by atomic mass is 10.0. The van der Waals surface area contributed by atoms with Crippen molar-refractivity contribution >= 4 is 28.4 Å². The normalized spacial score (nSPS) is 19.4. The van der Waals surface area contributed by atoms with Gasteiger partial charge in [-0.1, -0.05) is 6.07 Å². The Labute approximate surface area is 224 Å². The van der Waals surface area contributed by atoms with Crippen molar-refractivity contribution in [3.8, 4) is 5.75 Å². The minimum Gasteiger partial charge on any atom is -0.496 e. The number of benzene rings is 2. The van der Waals surface area contributed by atoms with Crippen molar-refractivity contribution in [2.45, 2.75) is 31.2 Å². The largest absolute Gasteiger partial charge is 0.496 e. The van der Waals surface area contributed by atoms with Crippen molar-refractivity contribution in [3.63, 3.8) is 0 Å². The molecule has 3 aliphatic rings. The Balaban J connectivity index is 1.28. The fraction of sp³-hybridized carbons (Fsp3) is 0.414. The van der Waals surface area contributed by atoms with Gasteiger partial charge in [-0.3, -0.25) is 14.4 Å². The highest BCUT2D eigenvalue weighted by Gasteiger charge is 2.36. The summed E-state index contributed by atoms with van der Waals surface area (Å²) >= 11 is 0. The summed E-state index contributed by atoms with van der Waals surface area (Å²) in [7, 11) is 1.52. The minimum atomic E-state index is -0.406. The molecule has 1 aliphatic carbocycles. The molecule has 39 heavy (non-hydrogen) atoms. The quantitative estimate of drug-likeness (QED) is 0.504. The molecule has 204 valence electrons. The number of nitrogens with zero attached hydrogens (tertiary/aromatic N) is 2. The van der Waals surface area contributed by atoms with Gasteiger partial charge in [0.25, 0.3) is 11.8 Å². The maximum atomic E-state index is 14.8. The average molecular weight is 535 g/mol.